The number of benzene rings is 1. The van der Waals surface area contributed by atoms with E-state index in [0.717, 1.165) is 0 Å². The second kappa shape index (κ2) is 6.87. The van der Waals surface area contributed by atoms with Crippen molar-refractivity contribution in [2.75, 3.05) is 19.7 Å². The summed E-state index contributed by atoms with van der Waals surface area (Å²) in [5, 5.41) is 0. The van der Waals surface area contributed by atoms with Gasteiger partial charge in [-0.1, -0.05) is 6.07 Å². The lowest BCUT2D eigenvalue weighted by Crippen LogP contribution is -2.36. The summed E-state index contributed by atoms with van der Waals surface area (Å²) in [4.78, 5) is 25.0. The maximum atomic E-state index is 13.2. The lowest BCUT2D eigenvalue weighted by Gasteiger charge is -2.20. The number of esters is 1. The summed E-state index contributed by atoms with van der Waals surface area (Å²) in [6.07, 6.45) is 0. The molecule has 0 aromatic heterocycles. The summed E-state index contributed by atoms with van der Waals surface area (Å²) in [6, 6.07) is 4.03. The largest absolute Gasteiger partial charge is 0.465 e. The minimum absolute atomic E-state index is 0.126. The number of nitrogens with zero attached hydrogens (tertiary/aromatic N) is 1. The monoisotopic (exact) mass is 267 g/mol. The molecule has 0 heterocycles. The average molecular weight is 267 g/mol. The van der Waals surface area contributed by atoms with Crippen molar-refractivity contribution in [3.8, 4) is 0 Å². The van der Waals surface area contributed by atoms with E-state index in [0.29, 0.717) is 12.1 Å². The third-order valence-electron chi connectivity index (χ3n) is 2.72. The van der Waals surface area contributed by atoms with Crippen molar-refractivity contribution in [3.05, 3.63) is 35.1 Å². The normalized spacial score (nSPS) is 10.1. The zero-order valence-corrected chi connectivity index (χ0v) is 11.4. The minimum Gasteiger partial charge on any atom is -0.465 e. The van der Waals surface area contributed by atoms with Gasteiger partial charge in [-0.3, -0.25) is 9.59 Å². The Morgan fingerprint density at radius 2 is 2.00 bits per heavy atom. The summed E-state index contributed by atoms with van der Waals surface area (Å²) in [5.74, 6) is -1.31. The predicted octanol–water partition coefficient (Wildman–Crippen LogP) is 2.16. The Morgan fingerprint density at radius 3 is 2.58 bits per heavy atom. The van der Waals surface area contributed by atoms with E-state index in [4.69, 9.17) is 4.74 Å². The van der Waals surface area contributed by atoms with Crippen LogP contribution in [0.15, 0.2) is 18.2 Å². The van der Waals surface area contributed by atoms with Crippen LogP contribution in [0.2, 0.25) is 0 Å². The molecule has 0 saturated heterocycles. The number of carbonyl (C=O) groups is 2. The molecule has 1 aromatic rings. The first-order chi connectivity index (χ1) is 8.99. The maximum absolute atomic E-state index is 13.2. The molecule has 4 nitrogen and oxygen atoms in total. The molecule has 0 aliphatic heterocycles. The van der Waals surface area contributed by atoms with E-state index in [2.05, 4.69) is 0 Å². The Morgan fingerprint density at radius 1 is 1.32 bits per heavy atom. The summed E-state index contributed by atoms with van der Waals surface area (Å²) in [5.41, 5.74) is 0.944. The van der Waals surface area contributed by atoms with E-state index >= 15 is 0 Å². The van der Waals surface area contributed by atoms with Crippen molar-refractivity contribution >= 4 is 11.9 Å². The van der Waals surface area contributed by atoms with Crippen molar-refractivity contribution in [1.82, 2.24) is 4.90 Å². The Labute approximate surface area is 112 Å². The fourth-order valence-corrected chi connectivity index (χ4v) is 1.68. The number of hydrogen-bond donors (Lipinski definition) is 0. The van der Waals surface area contributed by atoms with Crippen LogP contribution in [0, 0.1) is 12.7 Å². The van der Waals surface area contributed by atoms with Crippen molar-refractivity contribution in [1.29, 1.82) is 0 Å². The first-order valence-electron chi connectivity index (χ1n) is 6.20. The smallest absolute Gasteiger partial charge is 0.325 e. The van der Waals surface area contributed by atoms with Crippen molar-refractivity contribution in [2.45, 2.75) is 20.8 Å². The molecule has 104 valence electrons. The van der Waals surface area contributed by atoms with Gasteiger partial charge in [0.1, 0.15) is 12.4 Å². The van der Waals surface area contributed by atoms with Crippen LogP contribution in [0.4, 0.5) is 4.39 Å². The summed E-state index contributed by atoms with van der Waals surface area (Å²) >= 11 is 0. The van der Waals surface area contributed by atoms with Gasteiger partial charge in [-0.05, 0) is 38.5 Å². The molecule has 0 atom stereocenters. The highest BCUT2D eigenvalue weighted by Gasteiger charge is 2.19. The van der Waals surface area contributed by atoms with Crippen molar-refractivity contribution < 1.29 is 18.7 Å². The third kappa shape index (κ3) is 4.05. The average Bonchev–Trinajstić information content (AvgIpc) is 2.38. The first kappa shape index (κ1) is 15.1. The lowest BCUT2D eigenvalue weighted by molar-refractivity contribution is -0.143. The lowest BCUT2D eigenvalue weighted by atomic mass is 10.1. The molecule has 1 aromatic carbocycles. The quantitative estimate of drug-likeness (QED) is 0.768. The Kier molecular flexibility index (Phi) is 5.48. The van der Waals surface area contributed by atoms with Crippen LogP contribution in [-0.2, 0) is 9.53 Å². The van der Waals surface area contributed by atoms with E-state index in [1.807, 2.05) is 0 Å². The van der Waals surface area contributed by atoms with Gasteiger partial charge in [0, 0.05) is 12.1 Å². The fraction of sp³-hybridized carbons (Fsp3) is 0.429. The molecule has 0 spiro atoms. The predicted molar refractivity (Wildman–Crippen MR) is 69.3 cm³/mol. The molecule has 0 unspecified atom stereocenters. The van der Waals surface area contributed by atoms with Gasteiger partial charge in [-0.15, -0.1) is 0 Å². The number of amides is 1. The number of hydrogen-bond acceptors (Lipinski definition) is 3. The molecular weight excluding hydrogens is 249 g/mol. The molecule has 5 heteroatoms. The fourth-order valence-electron chi connectivity index (χ4n) is 1.68. The summed E-state index contributed by atoms with van der Waals surface area (Å²) in [6.45, 7) is 5.68. The van der Waals surface area contributed by atoms with Gasteiger partial charge in [0.2, 0.25) is 0 Å². The Balaban J connectivity index is 2.89. The van der Waals surface area contributed by atoms with Crippen LogP contribution in [-0.4, -0.2) is 36.5 Å². The van der Waals surface area contributed by atoms with Crippen LogP contribution < -0.4 is 0 Å². The number of rotatable bonds is 5. The van der Waals surface area contributed by atoms with Crippen molar-refractivity contribution in [2.24, 2.45) is 0 Å². The molecule has 0 aliphatic carbocycles. The second-order valence-corrected chi connectivity index (χ2v) is 4.08. The van der Waals surface area contributed by atoms with Gasteiger partial charge in [0.25, 0.3) is 5.91 Å². The molecule has 19 heavy (non-hydrogen) atoms. The molecule has 0 saturated carbocycles. The van der Waals surface area contributed by atoms with E-state index in [9.17, 15) is 14.0 Å². The molecular formula is C14H18FNO3. The van der Waals surface area contributed by atoms with Gasteiger partial charge in [-0.2, -0.15) is 0 Å². The standard InChI is InChI=1S/C14H18FNO3/c1-4-16(9-13(17)19-5-2)14(18)12-8-11(15)7-6-10(12)3/h6-8H,4-5,9H2,1-3H3. The Bertz CT molecular complexity index is 474. The highest BCUT2D eigenvalue weighted by molar-refractivity contribution is 5.97. The zero-order valence-electron chi connectivity index (χ0n) is 11.4. The highest BCUT2D eigenvalue weighted by Crippen LogP contribution is 2.13. The summed E-state index contributed by atoms with van der Waals surface area (Å²) < 4.78 is 18.0. The SMILES string of the molecule is CCOC(=O)CN(CC)C(=O)c1cc(F)ccc1C. The molecule has 0 radical (unpaired) electrons. The first-order valence-corrected chi connectivity index (χ1v) is 6.20. The third-order valence-corrected chi connectivity index (χ3v) is 2.72. The van der Waals surface area contributed by atoms with Gasteiger partial charge < -0.3 is 9.64 Å². The molecule has 0 aliphatic rings. The topological polar surface area (TPSA) is 46.6 Å². The van der Waals surface area contributed by atoms with Gasteiger partial charge in [0.15, 0.2) is 0 Å². The maximum Gasteiger partial charge on any atom is 0.325 e. The van der Waals surface area contributed by atoms with Crippen LogP contribution in [0.1, 0.15) is 29.8 Å². The van der Waals surface area contributed by atoms with Gasteiger partial charge in [0.05, 0.1) is 6.61 Å². The number of ether oxygens (including phenoxy) is 1. The number of halogens is 1. The molecule has 1 amide bonds. The Hall–Kier alpha value is -1.91. The number of carbonyl (C=O) groups excluding carboxylic acids is 2. The minimum atomic E-state index is -0.471. The van der Waals surface area contributed by atoms with Crippen LogP contribution in [0.3, 0.4) is 0 Å². The van der Waals surface area contributed by atoms with E-state index in [1.165, 1.54) is 17.0 Å². The number of aryl methyl sites for hydroxylation is 1. The van der Waals surface area contributed by atoms with E-state index < -0.39 is 11.8 Å². The van der Waals surface area contributed by atoms with E-state index in [1.54, 1.807) is 26.8 Å². The summed E-state index contributed by atoms with van der Waals surface area (Å²) in [7, 11) is 0. The highest BCUT2D eigenvalue weighted by atomic mass is 19.1. The second-order valence-electron chi connectivity index (χ2n) is 4.08. The van der Waals surface area contributed by atoms with E-state index in [-0.39, 0.29) is 24.6 Å². The van der Waals surface area contributed by atoms with Crippen molar-refractivity contribution in [3.63, 3.8) is 0 Å². The molecule has 0 N–H and O–H groups in total. The van der Waals surface area contributed by atoms with Gasteiger partial charge in [-0.25, -0.2) is 4.39 Å². The number of likely N-dealkylation sites (N-methyl/N-ethyl adjacent to an activating group) is 1. The zero-order chi connectivity index (χ0) is 14.4. The van der Waals surface area contributed by atoms with Crippen LogP contribution >= 0.6 is 0 Å². The molecule has 0 fully saturated rings. The van der Waals surface area contributed by atoms with Gasteiger partial charge >= 0.3 is 5.97 Å². The molecule has 1 rings (SSSR count). The van der Waals surface area contributed by atoms with Crippen LogP contribution in [0.5, 0.6) is 0 Å². The molecule has 0 bridgehead atoms. The van der Waals surface area contributed by atoms with Crippen LogP contribution in [0.25, 0.3) is 0 Å².